The fourth-order valence-electron chi connectivity index (χ4n) is 3.25. The average molecular weight is 387 g/mol. The molecule has 1 aliphatic heterocycles. The Bertz CT molecular complexity index is 913. The Morgan fingerprint density at radius 2 is 1.52 bits per heavy atom. The number of amides is 1. The van der Waals surface area contributed by atoms with E-state index >= 15 is 0 Å². The number of benzene rings is 2. The lowest BCUT2D eigenvalue weighted by Gasteiger charge is -2.20. The van der Waals surface area contributed by atoms with Crippen LogP contribution in [0.5, 0.6) is 0 Å². The highest BCUT2D eigenvalue weighted by Gasteiger charge is 2.19. The molecule has 0 saturated carbocycles. The number of hydrogen-bond acceptors (Lipinski definition) is 3. The van der Waals surface area contributed by atoms with Crippen molar-refractivity contribution in [2.24, 2.45) is 0 Å². The third-order valence-corrected chi connectivity index (χ3v) is 6.46. The number of nitrogens with one attached hydrogen (secondary N) is 1. The summed E-state index contributed by atoms with van der Waals surface area (Å²) in [5.74, 6) is -0.0250. The Hall–Kier alpha value is -2.34. The number of nitrogens with zero attached hydrogens (tertiary/aromatic N) is 1. The maximum absolute atomic E-state index is 12.6. The van der Waals surface area contributed by atoms with E-state index in [1.165, 1.54) is 12.1 Å². The zero-order chi connectivity index (χ0) is 19.4. The van der Waals surface area contributed by atoms with Gasteiger partial charge >= 0.3 is 0 Å². The van der Waals surface area contributed by atoms with E-state index in [-0.39, 0.29) is 10.8 Å². The average Bonchev–Trinajstić information content (AvgIpc) is 2.93. The third-order valence-electron chi connectivity index (χ3n) is 5.06. The highest BCUT2D eigenvalue weighted by atomic mass is 32.2. The predicted octanol–water partition coefficient (Wildman–Crippen LogP) is 4.12. The first-order valence-electron chi connectivity index (χ1n) is 9.36. The molecule has 1 fully saturated rings. The van der Waals surface area contributed by atoms with Crippen LogP contribution in [0.15, 0.2) is 47.4 Å². The predicted molar refractivity (Wildman–Crippen MR) is 108 cm³/mol. The summed E-state index contributed by atoms with van der Waals surface area (Å²) >= 11 is 0. The van der Waals surface area contributed by atoms with E-state index in [0.717, 1.165) is 49.9 Å². The van der Waals surface area contributed by atoms with Gasteiger partial charge in [0.25, 0.3) is 15.9 Å². The van der Waals surface area contributed by atoms with Crippen molar-refractivity contribution in [3.63, 3.8) is 0 Å². The van der Waals surface area contributed by atoms with Crippen LogP contribution in [0.2, 0.25) is 0 Å². The van der Waals surface area contributed by atoms with Crippen molar-refractivity contribution in [1.29, 1.82) is 0 Å². The van der Waals surface area contributed by atoms with Crippen LogP contribution < -0.4 is 4.72 Å². The number of hydrogen-bond donors (Lipinski definition) is 1. The Morgan fingerprint density at radius 1 is 0.889 bits per heavy atom. The summed E-state index contributed by atoms with van der Waals surface area (Å²) in [5, 5.41) is 0. The monoisotopic (exact) mass is 386 g/mol. The highest BCUT2D eigenvalue weighted by molar-refractivity contribution is 7.92. The fourth-order valence-corrected chi connectivity index (χ4v) is 4.30. The van der Waals surface area contributed by atoms with E-state index < -0.39 is 10.0 Å². The minimum Gasteiger partial charge on any atom is -0.339 e. The van der Waals surface area contributed by atoms with Gasteiger partial charge in [-0.25, -0.2) is 8.42 Å². The van der Waals surface area contributed by atoms with Gasteiger partial charge in [-0.15, -0.1) is 0 Å². The Morgan fingerprint density at radius 3 is 2.11 bits per heavy atom. The molecule has 1 N–H and O–H groups in total. The molecule has 2 aromatic rings. The molecule has 0 unspecified atom stereocenters. The summed E-state index contributed by atoms with van der Waals surface area (Å²) in [6.45, 7) is 5.46. The number of carbonyl (C=O) groups is 1. The van der Waals surface area contributed by atoms with Gasteiger partial charge in [0.2, 0.25) is 0 Å². The Labute approximate surface area is 161 Å². The lowest BCUT2D eigenvalue weighted by atomic mass is 10.1. The molecule has 1 amide bonds. The SMILES string of the molecule is Cc1ccc(NS(=O)(=O)c2ccc(C(=O)N3CCCCCC3)cc2)cc1C. The molecule has 0 bridgehead atoms. The molecule has 0 spiro atoms. The molecule has 1 heterocycles. The summed E-state index contributed by atoms with van der Waals surface area (Å²) in [4.78, 5) is 14.6. The van der Waals surface area contributed by atoms with Crippen molar-refractivity contribution in [3.05, 3.63) is 59.2 Å². The summed E-state index contributed by atoms with van der Waals surface area (Å²) in [6, 6.07) is 11.6. The van der Waals surface area contributed by atoms with E-state index in [2.05, 4.69) is 4.72 Å². The second-order valence-corrected chi connectivity index (χ2v) is 8.82. The zero-order valence-corrected chi connectivity index (χ0v) is 16.7. The van der Waals surface area contributed by atoms with E-state index in [1.54, 1.807) is 18.2 Å². The summed E-state index contributed by atoms with van der Waals surface area (Å²) in [7, 11) is -3.69. The van der Waals surface area contributed by atoms with Gasteiger partial charge in [0.15, 0.2) is 0 Å². The molecule has 1 aliphatic rings. The maximum atomic E-state index is 12.6. The van der Waals surface area contributed by atoms with E-state index in [4.69, 9.17) is 0 Å². The molecule has 0 aliphatic carbocycles. The first-order chi connectivity index (χ1) is 12.9. The van der Waals surface area contributed by atoms with Gasteiger partial charge in [0.1, 0.15) is 0 Å². The Kier molecular flexibility index (Phi) is 5.85. The third kappa shape index (κ3) is 4.69. The smallest absolute Gasteiger partial charge is 0.261 e. The van der Waals surface area contributed by atoms with E-state index in [1.807, 2.05) is 30.9 Å². The summed E-state index contributed by atoms with van der Waals surface area (Å²) in [6.07, 6.45) is 4.37. The van der Waals surface area contributed by atoms with Gasteiger partial charge in [-0.1, -0.05) is 18.9 Å². The lowest BCUT2D eigenvalue weighted by molar-refractivity contribution is 0.0761. The molecule has 3 rings (SSSR count). The van der Waals surface area contributed by atoms with Crippen LogP contribution in [0.4, 0.5) is 5.69 Å². The standard InChI is InChI=1S/C21H26N2O3S/c1-16-7-10-19(15-17(16)2)22-27(25,26)20-11-8-18(9-12-20)21(24)23-13-5-3-4-6-14-23/h7-12,15,22H,3-6,13-14H2,1-2H3. The van der Waals surface area contributed by atoms with E-state index in [0.29, 0.717) is 11.3 Å². The molecule has 6 heteroatoms. The van der Waals surface area contributed by atoms with Crippen molar-refractivity contribution in [2.75, 3.05) is 17.8 Å². The van der Waals surface area contributed by atoms with Crippen molar-refractivity contribution in [2.45, 2.75) is 44.4 Å². The topological polar surface area (TPSA) is 66.5 Å². The van der Waals surface area contributed by atoms with Gasteiger partial charge < -0.3 is 4.90 Å². The number of aryl methyl sites for hydroxylation is 2. The van der Waals surface area contributed by atoms with Crippen LogP contribution in [-0.4, -0.2) is 32.3 Å². The minimum absolute atomic E-state index is 0.0250. The first kappa shape index (κ1) is 19.4. The van der Waals surface area contributed by atoms with Crippen molar-refractivity contribution >= 4 is 21.6 Å². The van der Waals surface area contributed by atoms with E-state index in [9.17, 15) is 13.2 Å². The van der Waals surface area contributed by atoms with Crippen LogP contribution in [0.3, 0.4) is 0 Å². The molecule has 27 heavy (non-hydrogen) atoms. The summed E-state index contributed by atoms with van der Waals surface area (Å²) < 4.78 is 27.8. The van der Waals surface area contributed by atoms with Crippen molar-refractivity contribution in [1.82, 2.24) is 4.90 Å². The quantitative estimate of drug-likeness (QED) is 0.859. The molecule has 0 radical (unpaired) electrons. The van der Waals surface area contributed by atoms with Crippen LogP contribution in [0.1, 0.15) is 47.2 Å². The minimum atomic E-state index is -3.69. The molecule has 0 aromatic heterocycles. The van der Waals surface area contributed by atoms with Gasteiger partial charge in [0.05, 0.1) is 4.90 Å². The van der Waals surface area contributed by atoms with Crippen LogP contribution in [0.25, 0.3) is 0 Å². The molecule has 2 aromatic carbocycles. The fraction of sp³-hybridized carbons (Fsp3) is 0.381. The summed E-state index contributed by atoms with van der Waals surface area (Å²) in [5.41, 5.74) is 3.19. The largest absolute Gasteiger partial charge is 0.339 e. The molecule has 144 valence electrons. The second-order valence-electron chi connectivity index (χ2n) is 7.14. The van der Waals surface area contributed by atoms with Crippen molar-refractivity contribution < 1.29 is 13.2 Å². The van der Waals surface area contributed by atoms with Gasteiger partial charge in [-0.2, -0.15) is 0 Å². The molecule has 0 atom stereocenters. The molecule has 1 saturated heterocycles. The second kappa shape index (κ2) is 8.13. The highest BCUT2D eigenvalue weighted by Crippen LogP contribution is 2.20. The van der Waals surface area contributed by atoms with Crippen LogP contribution >= 0.6 is 0 Å². The number of likely N-dealkylation sites (tertiary alicyclic amines) is 1. The first-order valence-corrected chi connectivity index (χ1v) is 10.8. The number of anilines is 1. The number of rotatable bonds is 4. The Balaban J connectivity index is 1.75. The lowest BCUT2D eigenvalue weighted by Crippen LogP contribution is -2.31. The van der Waals surface area contributed by atoms with Gasteiger partial charge in [0, 0.05) is 24.3 Å². The zero-order valence-electron chi connectivity index (χ0n) is 15.9. The maximum Gasteiger partial charge on any atom is 0.261 e. The van der Waals surface area contributed by atoms with Gasteiger partial charge in [-0.3, -0.25) is 9.52 Å². The molecular formula is C21H26N2O3S. The van der Waals surface area contributed by atoms with Crippen molar-refractivity contribution in [3.8, 4) is 0 Å². The molecular weight excluding hydrogens is 360 g/mol. The number of sulfonamides is 1. The normalized spacial score (nSPS) is 15.3. The van der Waals surface area contributed by atoms with Crippen LogP contribution in [0, 0.1) is 13.8 Å². The van der Waals surface area contributed by atoms with Gasteiger partial charge in [-0.05, 0) is 74.2 Å². The van der Waals surface area contributed by atoms with Crippen LogP contribution in [-0.2, 0) is 10.0 Å². The molecule has 5 nitrogen and oxygen atoms in total. The number of carbonyl (C=O) groups excluding carboxylic acids is 1.